The van der Waals surface area contributed by atoms with Gasteiger partial charge in [0.25, 0.3) is 0 Å². The number of hydrogen-bond donors (Lipinski definition) is 3. The van der Waals surface area contributed by atoms with Gasteiger partial charge in [-0.1, -0.05) is 36.8 Å². The second-order valence-electron chi connectivity index (χ2n) is 7.60. The molecule has 5 nitrogen and oxygen atoms in total. The van der Waals surface area contributed by atoms with Crippen molar-refractivity contribution in [3.63, 3.8) is 0 Å². The van der Waals surface area contributed by atoms with Gasteiger partial charge >= 0.3 is 6.03 Å². The molecule has 1 aromatic rings. The number of benzene rings is 1. The van der Waals surface area contributed by atoms with Crippen LogP contribution < -0.4 is 10.6 Å². The number of urea groups is 1. The first-order valence-corrected chi connectivity index (χ1v) is 9.48. The molecule has 138 valence electrons. The highest BCUT2D eigenvalue weighted by atomic mass is 16.5. The van der Waals surface area contributed by atoms with Crippen molar-refractivity contribution >= 4 is 6.03 Å². The van der Waals surface area contributed by atoms with Crippen LogP contribution in [0, 0.1) is 11.3 Å². The van der Waals surface area contributed by atoms with Crippen molar-refractivity contribution in [3.05, 3.63) is 35.9 Å². The summed E-state index contributed by atoms with van der Waals surface area (Å²) in [6, 6.07) is 10.3. The molecule has 0 spiro atoms. The molecule has 2 amide bonds. The Morgan fingerprint density at radius 2 is 1.92 bits per heavy atom. The summed E-state index contributed by atoms with van der Waals surface area (Å²) < 4.78 is 5.31. The van der Waals surface area contributed by atoms with Gasteiger partial charge < -0.3 is 20.5 Å². The van der Waals surface area contributed by atoms with Crippen molar-refractivity contribution in [2.24, 2.45) is 11.3 Å². The van der Waals surface area contributed by atoms with Crippen molar-refractivity contribution < 1.29 is 14.6 Å². The molecule has 1 aromatic carbocycles. The summed E-state index contributed by atoms with van der Waals surface area (Å²) in [5, 5.41) is 16.0. The van der Waals surface area contributed by atoms with Gasteiger partial charge in [-0.3, -0.25) is 0 Å². The van der Waals surface area contributed by atoms with Gasteiger partial charge in [0, 0.05) is 26.3 Å². The minimum absolute atomic E-state index is 0.176. The Balaban J connectivity index is 1.40. The molecule has 1 heterocycles. The van der Waals surface area contributed by atoms with E-state index in [2.05, 4.69) is 34.9 Å². The fourth-order valence-electron chi connectivity index (χ4n) is 3.92. The SMILES string of the molecule is O=C(NC[C@@H](O)C1CCOCC1)NCC1(Cc2ccccc2)CCC1. The Morgan fingerprint density at radius 3 is 2.56 bits per heavy atom. The van der Waals surface area contributed by atoms with Crippen LogP contribution in [0.25, 0.3) is 0 Å². The van der Waals surface area contributed by atoms with Crippen LogP contribution in [0.4, 0.5) is 4.79 Å². The Bertz CT molecular complexity index is 539. The average molecular weight is 346 g/mol. The van der Waals surface area contributed by atoms with Crippen LogP contribution in [0.5, 0.6) is 0 Å². The number of amides is 2. The fourth-order valence-corrected chi connectivity index (χ4v) is 3.92. The van der Waals surface area contributed by atoms with E-state index < -0.39 is 6.10 Å². The lowest BCUT2D eigenvalue weighted by atomic mass is 9.65. The van der Waals surface area contributed by atoms with Crippen LogP contribution in [0.3, 0.4) is 0 Å². The summed E-state index contributed by atoms with van der Waals surface area (Å²) >= 11 is 0. The third kappa shape index (κ3) is 5.19. The van der Waals surface area contributed by atoms with Crippen LogP contribution in [0.2, 0.25) is 0 Å². The summed E-state index contributed by atoms with van der Waals surface area (Å²) in [7, 11) is 0. The van der Waals surface area contributed by atoms with Crippen LogP contribution in [0.15, 0.2) is 30.3 Å². The summed E-state index contributed by atoms with van der Waals surface area (Å²) in [4.78, 5) is 12.1. The monoisotopic (exact) mass is 346 g/mol. The molecular formula is C20H30N2O3. The van der Waals surface area contributed by atoms with Crippen LogP contribution in [-0.4, -0.2) is 43.5 Å². The first kappa shape index (κ1) is 18.2. The number of carbonyl (C=O) groups excluding carboxylic acids is 1. The maximum atomic E-state index is 12.1. The third-order valence-corrected chi connectivity index (χ3v) is 5.74. The van der Waals surface area contributed by atoms with E-state index in [9.17, 15) is 9.90 Å². The molecule has 3 N–H and O–H groups in total. The standard InChI is InChI=1S/C20H30N2O3/c23-18(17-7-11-25-12-8-17)14-21-19(24)22-15-20(9-4-10-20)13-16-5-2-1-3-6-16/h1-3,5-6,17-18,23H,4,7-15H2,(H2,21,22,24)/t18-/m1/s1. The van der Waals surface area contributed by atoms with Crippen molar-refractivity contribution in [2.75, 3.05) is 26.3 Å². The van der Waals surface area contributed by atoms with E-state index in [0.717, 1.165) is 32.1 Å². The molecule has 1 saturated heterocycles. The molecule has 3 rings (SSSR count). The summed E-state index contributed by atoms with van der Waals surface area (Å²) in [6.07, 6.45) is 5.81. The summed E-state index contributed by atoms with van der Waals surface area (Å²) in [5.41, 5.74) is 1.53. The molecule has 0 bridgehead atoms. The Kier molecular flexibility index (Phi) is 6.32. The smallest absolute Gasteiger partial charge is 0.314 e. The molecule has 1 atom stereocenters. The van der Waals surface area contributed by atoms with Gasteiger partial charge in [0.1, 0.15) is 0 Å². The Labute approximate surface area is 150 Å². The minimum atomic E-state index is -0.489. The van der Waals surface area contributed by atoms with E-state index in [-0.39, 0.29) is 17.4 Å². The van der Waals surface area contributed by atoms with Gasteiger partial charge in [-0.05, 0) is 49.0 Å². The summed E-state index contributed by atoms with van der Waals surface area (Å²) in [5.74, 6) is 0.227. The number of carbonyl (C=O) groups is 1. The highest BCUT2D eigenvalue weighted by molar-refractivity contribution is 5.73. The number of ether oxygens (including phenoxy) is 1. The van der Waals surface area contributed by atoms with Crippen LogP contribution in [0.1, 0.15) is 37.7 Å². The van der Waals surface area contributed by atoms with E-state index in [1.807, 2.05) is 6.07 Å². The zero-order valence-electron chi connectivity index (χ0n) is 14.9. The lowest BCUT2D eigenvalue weighted by Crippen LogP contribution is -2.48. The molecular weight excluding hydrogens is 316 g/mol. The molecule has 2 fully saturated rings. The van der Waals surface area contributed by atoms with Crippen molar-refractivity contribution in [1.29, 1.82) is 0 Å². The first-order valence-electron chi connectivity index (χ1n) is 9.48. The molecule has 1 aliphatic heterocycles. The highest BCUT2D eigenvalue weighted by Crippen LogP contribution is 2.43. The number of aliphatic hydroxyl groups is 1. The molecule has 25 heavy (non-hydrogen) atoms. The van der Waals surface area contributed by atoms with Crippen LogP contribution in [-0.2, 0) is 11.2 Å². The summed E-state index contributed by atoms with van der Waals surface area (Å²) in [6.45, 7) is 2.41. The Hall–Kier alpha value is -1.59. The highest BCUT2D eigenvalue weighted by Gasteiger charge is 2.37. The maximum absolute atomic E-state index is 12.1. The molecule has 0 unspecified atom stereocenters. The molecule has 0 aromatic heterocycles. The second-order valence-corrected chi connectivity index (χ2v) is 7.60. The zero-order valence-corrected chi connectivity index (χ0v) is 14.9. The third-order valence-electron chi connectivity index (χ3n) is 5.74. The second kappa shape index (κ2) is 8.68. The molecule has 5 heteroatoms. The number of hydrogen-bond acceptors (Lipinski definition) is 3. The van der Waals surface area contributed by atoms with E-state index >= 15 is 0 Å². The minimum Gasteiger partial charge on any atom is -0.391 e. The maximum Gasteiger partial charge on any atom is 0.314 e. The molecule has 1 saturated carbocycles. The normalized spacial score (nSPS) is 21.2. The van der Waals surface area contributed by atoms with Crippen LogP contribution >= 0.6 is 0 Å². The lowest BCUT2D eigenvalue weighted by Gasteiger charge is -2.42. The number of aliphatic hydroxyl groups excluding tert-OH is 1. The van der Waals surface area contributed by atoms with Crippen molar-refractivity contribution in [2.45, 2.75) is 44.6 Å². The van der Waals surface area contributed by atoms with E-state index in [0.29, 0.717) is 26.3 Å². The van der Waals surface area contributed by atoms with E-state index in [1.165, 1.54) is 12.0 Å². The van der Waals surface area contributed by atoms with Gasteiger partial charge in [0.2, 0.25) is 0 Å². The average Bonchev–Trinajstić information content (AvgIpc) is 2.63. The van der Waals surface area contributed by atoms with E-state index in [1.54, 1.807) is 0 Å². The van der Waals surface area contributed by atoms with Gasteiger partial charge in [-0.15, -0.1) is 0 Å². The van der Waals surface area contributed by atoms with E-state index in [4.69, 9.17) is 4.74 Å². The lowest BCUT2D eigenvalue weighted by molar-refractivity contribution is 0.00944. The zero-order chi connectivity index (χ0) is 17.5. The Morgan fingerprint density at radius 1 is 1.20 bits per heavy atom. The van der Waals surface area contributed by atoms with Gasteiger partial charge in [-0.2, -0.15) is 0 Å². The number of rotatable bonds is 7. The fraction of sp³-hybridized carbons (Fsp3) is 0.650. The van der Waals surface area contributed by atoms with Gasteiger partial charge in [-0.25, -0.2) is 4.79 Å². The topological polar surface area (TPSA) is 70.6 Å². The molecule has 2 aliphatic rings. The van der Waals surface area contributed by atoms with Crippen molar-refractivity contribution in [3.8, 4) is 0 Å². The predicted molar refractivity (Wildman–Crippen MR) is 97.4 cm³/mol. The first-order chi connectivity index (χ1) is 12.2. The molecule has 0 radical (unpaired) electrons. The largest absolute Gasteiger partial charge is 0.391 e. The van der Waals surface area contributed by atoms with Crippen molar-refractivity contribution in [1.82, 2.24) is 10.6 Å². The molecule has 1 aliphatic carbocycles. The predicted octanol–water partition coefficient (Wildman–Crippen LogP) is 2.49. The number of nitrogens with one attached hydrogen (secondary N) is 2. The quantitative estimate of drug-likeness (QED) is 0.710. The van der Waals surface area contributed by atoms with Gasteiger partial charge in [0.15, 0.2) is 0 Å². The van der Waals surface area contributed by atoms with Gasteiger partial charge in [0.05, 0.1) is 6.10 Å².